The molecule has 0 radical (unpaired) electrons. The summed E-state index contributed by atoms with van der Waals surface area (Å²) in [5.41, 5.74) is 0. The molecule has 0 aromatic heterocycles. The number of benzene rings is 1. The Morgan fingerprint density at radius 2 is 1.87 bits per heavy atom. The van der Waals surface area contributed by atoms with Crippen LogP contribution in [0.5, 0.6) is 5.75 Å². The highest BCUT2D eigenvalue weighted by Gasteiger charge is 2.15. The Morgan fingerprint density at radius 1 is 1.22 bits per heavy atom. The second kappa shape index (κ2) is 8.63. The van der Waals surface area contributed by atoms with Crippen LogP contribution in [0.3, 0.4) is 0 Å². The van der Waals surface area contributed by atoms with Gasteiger partial charge in [-0.05, 0) is 30.2 Å². The molecular weight excluding hydrogens is 314 g/mol. The molecule has 0 unspecified atom stereocenters. The highest BCUT2D eigenvalue weighted by atomic mass is 32.2. The summed E-state index contributed by atoms with van der Waals surface area (Å²) in [5.74, 6) is 1.13. The average molecular weight is 341 g/mol. The van der Waals surface area contributed by atoms with Crippen LogP contribution in [0.2, 0.25) is 0 Å². The van der Waals surface area contributed by atoms with Gasteiger partial charge in [-0.25, -0.2) is 13.1 Å². The lowest BCUT2D eigenvalue weighted by Gasteiger charge is -2.27. The highest BCUT2D eigenvalue weighted by Crippen LogP contribution is 2.16. The molecule has 2 rings (SSSR count). The lowest BCUT2D eigenvalue weighted by atomic mass is 10.2. The van der Waals surface area contributed by atoms with Gasteiger partial charge in [0, 0.05) is 39.3 Å². The van der Waals surface area contributed by atoms with Crippen molar-refractivity contribution in [3.05, 3.63) is 24.3 Å². The highest BCUT2D eigenvalue weighted by molar-refractivity contribution is 7.89. The third kappa shape index (κ3) is 6.10. The van der Waals surface area contributed by atoms with E-state index in [1.807, 2.05) is 0 Å². The van der Waals surface area contributed by atoms with Crippen LogP contribution in [0.4, 0.5) is 0 Å². The van der Waals surface area contributed by atoms with Gasteiger partial charge in [-0.15, -0.1) is 0 Å². The molecule has 23 heavy (non-hydrogen) atoms. The fraction of sp³-hybridized carbons (Fsp3) is 0.625. The zero-order chi connectivity index (χ0) is 16.7. The number of ether oxygens (including phenoxy) is 1. The van der Waals surface area contributed by atoms with Crippen LogP contribution in [-0.4, -0.2) is 59.2 Å². The maximum Gasteiger partial charge on any atom is 0.240 e. The molecule has 1 saturated heterocycles. The Bertz CT molecular complexity index is 567. The maximum absolute atomic E-state index is 12.3. The van der Waals surface area contributed by atoms with Gasteiger partial charge in [0.05, 0.1) is 11.5 Å². The molecule has 1 aliphatic heterocycles. The molecule has 1 aromatic rings. The summed E-state index contributed by atoms with van der Waals surface area (Å²) in [6, 6.07) is 6.58. The van der Waals surface area contributed by atoms with Gasteiger partial charge in [0.15, 0.2) is 0 Å². The predicted octanol–water partition coefficient (Wildman–Crippen LogP) is 0.905. The van der Waals surface area contributed by atoms with Crippen molar-refractivity contribution in [1.82, 2.24) is 14.9 Å². The van der Waals surface area contributed by atoms with Crippen molar-refractivity contribution in [1.29, 1.82) is 0 Å². The van der Waals surface area contributed by atoms with Crippen LogP contribution >= 0.6 is 0 Å². The van der Waals surface area contributed by atoms with Crippen molar-refractivity contribution in [2.24, 2.45) is 5.92 Å². The first-order valence-corrected chi connectivity index (χ1v) is 9.61. The smallest absolute Gasteiger partial charge is 0.240 e. The van der Waals surface area contributed by atoms with Gasteiger partial charge >= 0.3 is 0 Å². The van der Waals surface area contributed by atoms with Crippen molar-refractivity contribution in [2.75, 3.05) is 45.9 Å². The van der Waals surface area contributed by atoms with Crippen molar-refractivity contribution in [3.8, 4) is 5.75 Å². The minimum atomic E-state index is -3.46. The molecule has 130 valence electrons. The number of nitrogens with zero attached hydrogens (tertiary/aromatic N) is 1. The minimum absolute atomic E-state index is 0.273. The van der Waals surface area contributed by atoms with E-state index in [0.717, 1.165) is 32.7 Å². The minimum Gasteiger partial charge on any atom is -0.493 e. The number of hydrogen-bond acceptors (Lipinski definition) is 5. The van der Waals surface area contributed by atoms with Crippen LogP contribution in [0.1, 0.15) is 13.8 Å². The van der Waals surface area contributed by atoms with E-state index < -0.39 is 10.0 Å². The normalized spacial score (nSPS) is 16.7. The number of piperazine rings is 1. The van der Waals surface area contributed by atoms with Crippen LogP contribution in [0, 0.1) is 5.92 Å². The van der Waals surface area contributed by atoms with Gasteiger partial charge in [-0.1, -0.05) is 13.8 Å². The standard InChI is InChI=1S/C16H27N3O3S/c1-14(2)13-22-15-3-5-16(6-4-15)23(20,21)18-9-12-19-10-7-17-8-11-19/h3-6,14,17-18H,7-13H2,1-2H3. The average Bonchev–Trinajstić information content (AvgIpc) is 2.54. The number of sulfonamides is 1. The summed E-state index contributed by atoms with van der Waals surface area (Å²) in [7, 11) is -3.46. The molecule has 2 N–H and O–H groups in total. The quantitative estimate of drug-likeness (QED) is 0.735. The van der Waals surface area contributed by atoms with Gasteiger partial charge in [0.25, 0.3) is 0 Å². The van der Waals surface area contributed by atoms with Crippen LogP contribution in [0.15, 0.2) is 29.2 Å². The summed E-state index contributed by atoms with van der Waals surface area (Å²) in [6.45, 7) is 9.77. The van der Waals surface area contributed by atoms with E-state index in [4.69, 9.17) is 4.74 Å². The van der Waals surface area contributed by atoms with Crippen molar-refractivity contribution in [3.63, 3.8) is 0 Å². The summed E-state index contributed by atoms with van der Waals surface area (Å²) >= 11 is 0. The zero-order valence-corrected chi connectivity index (χ0v) is 14.7. The molecule has 0 aliphatic carbocycles. The summed E-state index contributed by atoms with van der Waals surface area (Å²) in [6.07, 6.45) is 0. The fourth-order valence-electron chi connectivity index (χ4n) is 2.33. The van der Waals surface area contributed by atoms with Gasteiger partial charge in [-0.3, -0.25) is 4.90 Å². The van der Waals surface area contributed by atoms with Crippen molar-refractivity contribution in [2.45, 2.75) is 18.7 Å². The van der Waals surface area contributed by atoms with E-state index in [1.165, 1.54) is 0 Å². The first-order chi connectivity index (χ1) is 11.0. The molecule has 0 amide bonds. The molecular formula is C16H27N3O3S. The molecule has 1 aromatic carbocycles. The predicted molar refractivity (Wildman–Crippen MR) is 91.3 cm³/mol. The molecule has 1 aliphatic rings. The van der Waals surface area contributed by atoms with E-state index in [-0.39, 0.29) is 4.90 Å². The molecule has 1 heterocycles. The molecule has 6 nitrogen and oxygen atoms in total. The van der Waals surface area contributed by atoms with Gasteiger partial charge in [0.2, 0.25) is 10.0 Å². The largest absolute Gasteiger partial charge is 0.493 e. The third-order valence-electron chi connectivity index (χ3n) is 3.65. The third-order valence-corrected chi connectivity index (χ3v) is 5.12. The van der Waals surface area contributed by atoms with Crippen molar-refractivity contribution < 1.29 is 13.2 Å². The zero-order valence-electron chi connectivity index (χ0n) is 13.9. The van der Waals surface area contributed by atoms with E-state index in [2.05, 4.69) is 28.8 Å². The summed E-state index contributed by atoms with van der Waals surface area (Å²) in [5, 5.41) is 3.28. The first-order valence-electron chi connectivity index (χ1n) is 8.13. The topological polar surface area (TPSA) is 70.7 Å². The van der Waals surface area contributed by atoms with Crippen LogP contribution in [-0.2, 0) is 10.0 Å². The second-order valence-electron chi connectivity index (χ2n) is 6.17. The van der Waals surface area contributed by atoms with E-state index in [0.29, 0.717) is 24.8 Å². The maximum atomic E-state index is 12.3. The SMILES string of the molecule is CC(C)COc1ccc(S(=O)(=O)NCCN2CCNCC2)cc1. The lowest BCUT2D eigenvalue weighted by molar-refractivity contribution is 0.245. The number of nitrogens with one attached hydrogen (secondary N) is 2. The molecule has 1 fully saturated rings. The van der Waals surface area contributed by atoms with E-state index in [1.54, 1.807) is 24.3 Å². The molecule has 0 atom stereocenters. The lowest BCUT2D eigenvalue weighted by Crippen LogP contribution is -2.46. The van der Waals surface area contributed by atoms with Gasteiger partial charge in [0.1, 0.15) is 5.75 Å². The molecule has 0 spiro atoms. The Labute approximate surface area is 139 Å². The van der Waals surface area contributed by atoms with Crippen LogP contribution in [0.25, 0.3) is 0 Å². The Morgan fingerprint density at radius 3 is 2.48 bits per heavy atom. The van der Waals surface area contributed by atoms with E-state index in [9.17, 15) is 8.42 Å². The fourth-order valence-corrected chi connectivity index (χ4v) is 3.36. The van der Waals surface area contributed by atoms with Crippen LogP contribution < -0.4 is 14.8 Å². The van der Waals surface area contributed by atoms with Gasteiger partial charge < -0.3 is 10.1 Å². The molecule has 0 bridgehead atoms. The first kappa shape index (κ1) is 18.2. The number of rotatable bonds is 8. The number of hydrogen-bond donors (Lipinski definition) is 2. The monoisotopic (exact) mass is 341 g/mol. The van der Waals surface area contributed by atoms with Crippen molar-refractivity contribution >= 4 is 10.0 Å². The molecule has 0 saturated carbocycles. The summed E-state index contributed by atoms with van der Waals surface area (Å²) < 4.78 is 32.8. The van der Waals surface area contributed by atoms with Gasteiger partial charge in [-0.2, -0.15) is 0 Å². The summed E-state index contributed by atoms with van der Waals surface area (Å²) in [4.78, 5) is 2.52. The Hall–Kier alpha value is -1.15. The van der Waals surface area contributed by atoms with E-state index >= 15 is 0 Å². The second-order valence-corrected chi connectivity index (χ2v) is 7.93. The molecule has 7 heteroatoms. The Balaban J connectivity index is 1.83. The Kier molecular flexibility index (Phi) is 6.83.